The van der Waals surface area contributed by atoms with Crippen molar-refractivity contribution >= 4 is 9.84 Å². The third-order valence-corrected chi connectivity index (χ3v) is 4.10. The van der Waals surface area contributed by atoms with Crippen LogP contribution in [0.2, 0.25) is 0 Å². The Kier molecular flexibility index (Phi) is 5.06. The first-order chi connectivity index (χ1) is 7.01. The molecular weight excluding hydrogens is 210 g/mol. The Balaban J connectivity index is 2.19. The molecule has 0 radical (unpaired) electrons. The molecule has 0 aromatic heterocycles. The molecule has 0 aliphatic heterocycles. The van der Waals surface area contributed by atoms with Crippen LogP contribution < -0.4 is 5.32 Å². The molecule has 0 aromatic rings. The van der Waals surface area contributed by atoms with Crippen LogP contribution in [0.1, 0.15) is 39.0 Å². The molecule has 1 aliphatic carbocycles. The van der Waals surface area contributed by atoms with E-state index >= 15 is 0 Å². The molecule has 15 heavy (non-hydrogen) atoms. The molecule has 0 heterocycles. The zero-order valence-corrected chi connectivity index (χ0v) is 10.6. The normalized spacial score (nSPS) is 27.1. The number of hydrogen-bond donors (Lipinski definition) is 1. The third-order valence-electron chi connectivity index (χ3n) is 3.12. The average molecular weight is 233 g/mol. The van der Waals surface area contributed by atoms with Gasteiger partial charge >= 0.3 is 0 Å². The largest absolute Gasteiger partial charge is 0.314 e. The minimum absolute atomic E-state index is 0.359. The van der Waals surface area contributed by atoms with Crippen LogP contribution in [0.3, 0.4) is 0 Å². The third kappa shape index (κ3) is 5.52. The Labute approximate surface area is 93.6 Å². The molecular formula is C11H23NO2S. The molecule has 0 spiro atoms. The fraction of sp³-hybridized carbons (Fsp3) is 1.00. The predicted molar refractivity (Wildman–Crippen MR) is 63.8 cm³/mol. The van der Waals surface area contributed by atoms with E-state index in [1.807, 2.05) is 0 Å². The maximum absolute atomic E-state index is 11.0. The zero-order valence-electron chi connectivity index (χ0n) is 9.83. The second-order valence-electron chi connectivity index (χ2n) is 4.75. The Morgan fingerprint density at radius 3 is 2.67 bits per heavy atom. The molecule has 0 amide bonds. The Morgan fingerprint density at radius 2 is 2.07 bits per heavy atom. The fourth-order valence-electron chi connectivity index (χ4n) is 2.25. The molecule has 1 rings (SSSR count). The molecule has 1 N–H and O–H groups in total. The Morgan fingerprint density at radius 1 is 1.33 bits per heavy atom. The van der Waals surface area contributed by atoms with E-state index in [4.69, 9.17) is 0 Å². The summed E-state index contributed by atoms with van der Waals surface area (Å²) < 4.78 is 22.1. The monoisotopic (exact) mass is 233 g/mol. The van der Waals surface area contributed by atoms with E-state index in [2.05, 4.69) is 12.2 Å². The number of nitrogens with one attached hydrogen (secondary N) is 1. The van der Waals surface area contributed by atoms with Crippen molar-refractivity contribution in [3.05, 3.63) is 0 Å². The Hall–Kier alpha value is -0.0900. The highest BCUT2D eigenvalue weighted by Crippen LogP contribution is 2.28. The van der Waals surface area contributed by atoms with Crippen molar-refractivity contribution in [1.29, 1.82) is 0 Å². The van der Waals surface area contributed by atoms with Gasteiger partial charge in [0.05, 0.1) is 5.75 Å². The van der Waals surface area contributed by atoms with E-state index in [0.29, 0.717) is 17.7 Å². The van der Waals surface area contributed by atoms with Gasteiger partial charge in [0.15, 0.2) is 0 Å². The smallest absolute Gasteiger partial charge is 0.147 e. The highest BCUT2D eigenvalue weighted by Gasteiger charge is 2.24. The van der Waals surface area contributed by atoms with Gasteiger partial charge in [-0.1, -0.05) is 6.92 Å². The molecule has 0 bridgehead atoms. The summed E-state index contributed by atoms with van der Waals surface area (Å²) in [6, 6.07) is 0.634. The van der Waals surface area contributed by atoms with Crippen molar-refractivity contribution in [2.45, 2.75) is 45.1 Å². The topological polar surface area (TPSA) is 46.2 Å². The SMILES string of the molecule is CCCNC1CCC(CCS(C)(=O)=O)C1. The molecule has 2 unspecified atom stereocenters. The molecule has 0 saturated heterocycles. The maximum Gasteiger partial charge on any atom is 0.147 e. The first-order valence-corrected chi connectivity index (χ1v) is 7.98. The molecule has 1 fully saturated rings. The van der Waals surface area contributed by atoms with E-state index in [0.717, 1.165) is 19.4 Å². The molecule has 4 heteroatoms. The second-order valence-corrected chi connectivity index (χ2v) is 7.01. The summed E-state index contributed by atoms with van der Waals surface area (Å²) in [6.07, 6.45) is 6.92. The lowest BCUT2D eigenvalue weighted by Gasteiger charge is -2.12. The van der Waals surface area contributed by atoms with Gasteiger partial charge in [0.2, 0.25) is 0 Å². The van der Waals surface area contributed by atoms with Crippen LogP contribution in [0.4, 0.5) is 0 Å². The van der Waals surface area contributed by atoms with Gasteiger partial charge in [0.1, 0.15) is 9.84 Å². The lowest BCUT2D eigenvalue weighted by molar-refractivity contribution is 0.475. The van der Waals surface area contributed by atoms with Crippen molar-refractivity contribution in [3.63, 3.8) is 0 Å². The lowest BCUT2D eigenvalue weighted by atomic mass is 10.1. The van der Waals surface area contributed by atoms with Crippen molar-refractivity contribution in [3.8, 4) is 0 Å². The zero-order chi connectivity index (χ0) is 11.3. The van der Waals surface area contributed by atoms with Crippen molar-refractivity contribution < 1.29 is 8.42 Å². The van der Waals surface area contributed by atoms with Crippen molar-refractivity contribution in [2.24, 2.45) is 5.92 Å². The summed E-state index contributed by atoms with van der Waals surface area (Å²) in [7, 11) is -2.77. The minimum Gasteiger partial charge on any atom is -0.314 e. The first-order valence-electron chi connectivity index (χ1n) is 5.92. The van der Waals surface area contributed by atoms with Crippen LogP contribution in [0.15, 0.2) is 0 Å². The molecule has 3 nitrogen and oxygen atoms in total. The van der Waals surface area contributed by atoms with E-state index in [1.165, 1.54) is 25.5 Å². The maximum atomic E-state index is 11.0. The van der Waals surface area contributed by atoms with Crippen LogP contribution >= 0.6 is 0 Å². The summed E-state index contributed by atoms with van der Waals surface area (Å²) in [4.78, 5) is 0. The van der Waals surface area contributed by atoms with E-state index < -0.39 is 9.84 Å². The summed E-state index contributed by atoms with van der Waals surface area (Å²) in [5.41, 5.74) is 0. The van der Waals surface area contributed by atoms with Gasteiger partial charge in [-0.2, -0.15) is 0 Å². The summed E-state index contributed by atoms with van der Waals surface area (Å²) in [5, 5.41) is 3.51. The fourth-order valence-corrected chi connectivity index (χ4v) is 3.01. The quantitative estimate of drug-likeness (QED) is 0.758. The molecule has 2 atom stereocenters. The minimum atomic E-state index is -2.77. The van der Waals surface area contributed by atoms with E-state index in [9.17, 15) is 8.42 Å². The summed E-state index contributed by atoms with van der Waals surface area (Å²) >= 11 is 0. The van der Waals surface area contributed by atoms with Gasteiger partial charge < -0.3 is 5.32 Å². The molecule has 90 valence electrons. The van der Waals surface area contributed by atoms with Gasteiger partial charge in [-0.05, 0) is 44.6 Å². The number of rotatable bonds is 6. The van der Waals surface area contributed by atoms with Gasteiger partial charge in [-0.3, -0.25) is 0 Å². The van der Waals surface area contributed by atoms with Crippen LogP contribution in [-0.2, 0) is 9.84 Å². The van der Waals surface area contributed by atoms with Crippen molar-refractivity contribution in [1.82, 2.24) is 5.32 Å². The van der Waals surface area contributed by atoms with Crippen molar-refractivity contribution in [2.75, 3.05) is 18.6 Å². The molecule has 1 aliphatic rings. The van der Waals surface area contributed by atoms with E-state index in [-0.39, 0.29) is 0 Å². The molecule has 1 saturated carbocycles. The summed E-state index contributed by atoms with van der Waals surface area (Å²) in [5.74, 6) is 0.979. The van der Waals surface area contributed by atoms with Crippen LogP contribution in [-0.4, -0.2) is 33.0 Å². The second kappa shape index (κ2) is 5.85. The molecule has 0 aromatic carbocycles. The highest BCUT2D eigenvalue weighted by atomic mass is 32.2. The first kappa shape index (κ1) is 13.0. The predicted octanol–water partition coefficient (Wildman–Crippen LogP) is 1.59. The van der Waals surface area contributed by atoms with Gasteiger partial charge in [-0.15, -0.1) is 0 Å². The van der Waals surface area contributed by atoms with Gasteiger partial charge in [-0.25, -0.2) is 8.42 Å². The van der Waals surface area contributed by atoms with E-state index in [1.54, 1.807) is 0 Å². The number of sulfone groups is 1. The van der Waals surface area contributed by atoms with Crippen LogP contribution in [0.5, 0.6) is 0 Å². The Bertz CT molecular complexity index is 274. The van der Waals surface area contributed by atoms with Gasteiger partial charge in [0.25, 0.3) is 0 Å². The van der Waals surface area contributed by atoms with Crippen LogP contribution in [0.25, 0.3) is 0 Å². The van der Waals surface area contributed by atoms with Gasteiger partial charge in [0, 0.05) is 12.3 Å². The standard InChI is InChI=1S/C11H23NO2S/c1-3-7-12-11-5-4-10(9-11)6-8-15(2,13)14/h10-12H,3-9H2,1-2H3. The summed E-state index contributed by atoms with van der Waals surface area (Å²) in [6.45, 7) is 3.26. The highest BCUT2D eigenvalue weighted by molar-refractivity contribution is 7.90. The average Bonchev–Trinajstić information content (AvgIpc) is 2.58. The van der Waals surface area contributed by atoms with Crippen LogP contribution in [0, 0.1) is 5.92 Å². The lowest BCUT2D eigenvalue weighted by Crippen LogP contribution is -2.27. The number of hydrogen-bond acceptors (Lipinski definition) is 3.